The van der Waals surface area contributed by atoms with Crippen molar-refractivity contribution in [2.75, 3.05) is 12.8 Å². The van der Waals surface area contributed by atoms with Crippen molar-refractivity contribution in [2.24, 2.45) is 5.10 Å². The Balaban J connectivity index is 1.17. The molecule has 216 valence electrons. The first-order valence-electron chi connectivity index (χ1n) is 12.8. The van der Waals surface area contributed by atoms with Gasteiger partial charge < -0.3 is 15.2 Å². The predicted molar refractivity (Wildman–Crippen MR) is 162 cm³/mol. The summed E-state index contributed by atoms with van der Waals surface area (Å²) >= 11 is 3.28. The van der Waals surface area contributed by atoms with Crippen molar-refractivity contribution in [1.29, 1.82) is 0 Å². The Morgan fingerprint density at radius 2 is 1.98 bits per heavy atom. The van der Waals surface area contributed by atoms with Gasteiger partial charge in [0.15, 0.2) is 10.0 Å². The summed E-state index contributed by atoms with van der Waals surface area (Å²) in [5, 5.41) is 19.5. The first-order chi connectivity index (χ1) is 21.1. The molecule has 0 atom stereocenters. The molecular weight excluding hydrogens is 591 g/mol. The Bertz CT molecular complexity index is 1870. The minimum absolute atomic E-state index is 0.0209. The number of amides is 1. The highest BCUT2D eigenvalue weighted by Gasteiger charge is 2.24. The minimum Gasteiger partial charge on any atom is -0.496 e. The van der Waals surface area contributed by atoms with Crippen molar-refractivity contribution in [3.63, 3.8) is 0 Å². The van der Waals surface area contributed by atoms with E-state index in [0.29, 0.717) is 11.5 Å². The molecule has 0 unspecified atom stereocenters. The number of carbonyl (C=O) groups is 1. The first-order valence-corrected chi connectivity index (χ1v) is 14.6. The molecule has 3 aromatic carbocycles. The summed E-state index contributed by atoms with van der Waals surface area (Å²) in [4.78, 5) is 17.8. The van der Waals surface area contributed by atoms with Gasteiger partial charge in [0.2, 0.25) is 11.6 Å². The second-order valence-corrected chi connectivity index (χ2v) is 11.1. The average molecular weight is 614 g/mol. The molecule has 0 saturated carbocycles. The van der Waals surface area contributed by atoms with E-state index >= 15 is 0 Å². The zero-order chi connectivity index (χ0) is 29.6. The van der Waals surface area contributed by atoms with E-state index in [1.54, 1.807) is 42.3 Å². The smallest absolute Gasteiger partial charge is 0.293 e. The number of hydrogen-bond donors (Lipinski definition) is 2. The number of nitrogens with one attached hydrogen (secondary N) is 1. The van der Waals surface area contributed by atoms with E-state index in [4.69, 9.17) is 19.8 Å². The van der Waals surface area contributed by atoms with Crippen LogP contribution in [0.4, 0.5) is 5.82 Å². The zero-order valence-electron chi connectivity index (χ0n) is 22.6. The first kappa shape index (κ1) is 27.9. The van der Waals surface area contributed by atoms with E-state index in [-0.39, 0.29) is 29.6 Å². The fraction of sp³-hybridized carbons (Fsp3) is 0.107. The number of thioether (sulfide) groups is 1. The van der Waals surface area contributed by atoms with Crippen LogP contribution in [-0.4, -0.2) is 49.5 Å². The van der Waals surface area contributed by atoms with Gasteiger partial charge in [-0.15, -0.1) is 16.4 Å². The van der Waals surface area contributed by atoms with Crippen LogP contribution in [-0.2, 0) is 12.4 Å². The second kappa shape index (κ2) is 12.7. The standard InChI is InChI=1S/C28H23N9O4S2/c1-39-22-12-11-17(13-18(22)16-42-28-31-20-9-5-6-10-23(20)43-28)14-30-33-27(38)24-21(15-40-19-7-3-2-4-8-19)37(36-32-24)26-25(29)34-41-35-26/h2-14H,15-16H2,1H3,(H2,29,34)(H,33,38)/b30-14-. The number of para-hydroxylation sites is 2. The van der Waals surface area contributed by atoms with E-state index in [1.807, 2.05) is 54.6 Å². The second-order valence-electron chi connectivity index (χ2n) is 8.88. The molecule has 0 aliphatic rings. The van der Waals surface area contributed by atoms with E-state index in [2.05, 4.69) is 42.2 Å². The van der Waals surface area contributed by atoms with Crippen LogP contribution in [0.1, 0.15) is 27.3 Å². The molecular formula is C28H23N9O4S2. The molecule has 6 aromatic rings. The summed E-state index contributed by atoms with van der Waals surface area (Å²) in [7, 11) is 1.63. The van der Waals surface area contributed by atoms with E-state index in [0.717, 1.165) is 31.4 Å². The molecule has 0 aliphatic carbocycles. The Morgan fingerprint density at radius 3 is 2.77 bits per heavy atom. The number of benzene rings is 3. The third-order valence-electron chi connectivity index (χ3n) is 6.10. The van der Waals surface area contributed by atoms with Crippen LogP contribution >= 0.6 is 23.1 Å². The lowest BCUT2D eigenvalue weighted by molar-refractivity contribution is 0.0947. The van der Waals surface area contributed by atoms with Crippen LogP contribution in [0.3, 0.4) is 0 Å². The molecule has 43 heavy (non-hydrogen) atoms. The number of nitrogen functional groups attached to an aromatic ring is 1. The topological polar surface area (TPSA) is 168 Å². The molecule has 0 bridgehead atoms. The molecule has 0 spiro atoms. The van der Waals surface area contributed by atoms with Crippen LogP contribution < -0.4 is 20.6 Å². The number of aromatic nitrogens is 6. The summed E-state index contributed by atoms with van der Waals surface area (Å²) in [6.07, 6.45) is 1.54. The summed E-state index contributed by atoms with van der Waals surface area (Å²) < 4.78 is 19.4. The zero-order valence-corrected chi connectivity index (χ0v) is 24.2. The number of thiazole rings is 1. The molecule has 13 nitrogen and oxygen atoms in total. The Hall–Kier alpha value is -5.28. The number of fused-ring (bicyclic) bond motifs is 1. The molecule has 0 fully saturated rings. The van der Waals surface area contributed by atoms with Crippen LogP contribution in [0, 0.1) is 0 Å². The Morgan fingerprint density at radius 1 is 1.14 bits per heavy atom. The normalized spacial score (nSPS) is 11.3. The third-order valence-corrected chi connectivity index (χ3v) is 8.33. The monoisotopic (exact) mass is 613 g/mol. The maximum Gasteiger partial charge on any atom is 0.293 e. The largest absolute Gasteiger partial charge is 0.496 e. The van der Waals surface area contributed by atoms with Crippen molar-refractivity contribution in [3.05, 3.63) is 95.3 Å². The van der Waals surface area contributed by atoms with Gasteiger partial charge in [-0.05, 0) is 58.3 Å². The number of anilines is 1. The highest BCUT2D eigenvalue weighted by molar-refractivity contribution is 8.00. The number of rotatable bonds is 11. The number of methoxy groups -OCH3 is 1. The van der Waals surface area contributed by atoms with Crippen molar-refractivity contribution < 1.29 is 18.9 Å². The van der Waals surface area contributed by atoms with Crippen molar-refractivity contribution >= 4 is 51.3 Å². The molecule has 1 amide bonds. The van der Waals surface area contributed by atoms with Gasteiger partial charge in [-0.2, -0.15) is 9.78 Å². The molecule has 0 saturated heterocycles. The molecule has 15 heteroatoms. The van der Waals surface area contributed by atoms with Crippen molar-refractivity contribution in [1.82, 2.24) is 35.7 Å². The number of nitrogens with two attached hydrogens (primary N) is 1. The highest BCUT2D eigenvalue weighted by atomic mass is 32.2. The lowest BCUT2D eigenvalue weighted by Crippen LogP contribution is -2.21. The average Bonchev–Trinajstić information content (AvgIpc) is 3.77. The lowest BCUT2D eigenvalue weighted by Gasteiger charge is -2.09. The Labute approximate surface area is 252 Å². The maximum absolute atomic E-state index is 13.1. The molecule has 3 aromatic heterocycles. The van der Waals surface area contributed by atoms with Gasteiger partial charge in [-0.1, -0.05) is 47.3 Å². The Kier molecular flexibility index (Phi) is 8.24. The summed E-state index contributed by atoms with van der Waals surface area (Å²) in [6, 6.07) is 22.8. The maximum atomic E-state index is 13.1. The van der Waals surface area contributed by atoms with Gasteiger partial charge in [-0.25, -0.2) is 15.0 Å². The van der Waals surface area contributed by atoms with Gasteiger partial charge in [-0.3, -0.25) is 4.79 Å². The number of hydrazone groups is 1. The van der Waals surface area contributed by atoms with Crippen molar-refractivity contribution in [3.8, 4) is 17.3 Å². The fourth-order valence-corrected chi connectivity index (χ4v) is 6.09. The predicted octanol–water partition coefficient (Wildman–Crippen LogP) is 4.49. The van der Waals surface area contributed by atoms with Crippen LogP contribution in [0.2, 0.25) is 0 Å². The van der Waals surface area contributed by atoms with Gasteiger partial charge in [0.1, 0.15) is 23.8 Å². The summed E-state index contributed by atoms with van der Waals surface area (Å²) in [5.74, 6) is 1.43. The fourth-order valence-electron chi connectivity index (χ4n) is 4.05. The van der Waals surface area contributed by atoms with E-state index in [1.165, 1.54) is 10.9 Å². The summed E-state index contributed by atoms with van der Waals surface area (Å²) in [6.45, 7) is -0.0655. The molecule has 0 radical (unpaired) electrons. The summed E-state index contributed by atoms with van der Waals surface area (Å²) in [5.41, 5.74) is 11.3. The van der Waals surface area contributed by atoms with Gasteiger partial charge in [0.05, 0.1) is 23.5 Å². The quantitative estimate of drug-likeness (QED) is 0.120. The molecule has 3 heterocycles. The number of ether oxygens (including phenoxy) is 2. The molecule has 0 aliphatic heterocycles. The van der Waals surface area contributed by atoms with Gasteiger partial charge in [0, 0.05) is 11.3 Å². The molecule has 6 rings (SSSR count). The third kappa shape index (κ3) is 6.32. The highest BCUT2D eigenvalue weighted by Crippen LogP contribution is 2.33. The number of carbonyl (C=O) groups excluding carboxylic acids is 1. The minimum atomic E-state index is -0.607. The molecule has 3 N–H and O–H groups in total. The lowest BCUT2D eigenvalue weighted by atomic mass is 10.1. The van der Waals surface area contributed by atoms with Crippen LogP contribution in [0.15, 0.2) is 86.9 Å². The van der Waals surface area contributed by atoms with Crippen LogP contribution in [0.25, 0.3) is 16.0 Å². The van der Waals surface area contributed by atoms with E-state index < -0.39 is 5.91 Å². The van der Waals surface area contributed by atoms with Crippen LogP contribution in [0.5, 0.6) is 11.5 Å². The number of nitrogens with zero attached hydrogens (tertiary/aromatic N) is 7. The SMILES string of the molecule is COc1ccc(/C=N\NC(=O)c2nnn(-c3nonc3N)c2COc2ccccc2)cc1CSc1nc2ccccc2s1. The van der Waals surface area contributed by atoms with Gasteiger partial charge in [0.25, 0.3) is 5.91 Å². The van der Waals surface area contributed by atoms with Crippen molar-refractivity contribution in [2.45, 2.75) is 16.7 Å². The van der Waals surface area contributed by atoms with Gasteiger partial charge >= 0.3 is 0 Å². The van der Waals surface area contributed by atoms with E-state index in [9.17, 15) is 4.79 Å². The number of hydrogen-bond acceptors (Lipinski definition) is 13.